The number of hydrogen-bond acceptors (Lipinski definition) is 7. The summed E-state index contributed by atoms with van der Waals surface area (Å²) in [5, 5.41) is 30.8. The summed E-state index contributed by atoms with van der Waals surface area (Å²) in [7, 11) is 2.37. The Morgan fingerprint density at radius 1 is 1.16 bits per heavy atom. The van der Waals surface area contributed by atoms with Crippen LogP contribution in [0.25, 0.3) is 0 Å². The number of methoxy groups -OCH3 is 1. The number of nitrogens with two attached hydrogens (primary N) is 1. The van der Waals surface area contributed by atoms with E-state index in [4.69, 9.17) is 15.6 Å². The van der Waals surface area contributed by atoms with Crippen LogP contribution in [0.3, 0.4) is 0 Å². The number of likely N-dealkylation sites (N-methyl/N-ethyl adjacent to an activating group) is 1. The Hall–Kier alpha value is -4.06. The first kappa shape index (κ1) is 21.6. The summed E-state index contributed by atoms with van der Waals surface area (Å²) in [6, 6.07) is 5.37. The molecule has 0 aliphatic carbocycles. The zero-order valence-electron chi connectivity index (χ0n) is 16.4. The fraction of sp³-hybridized carbons (Fsp3) is 0.211. The second kappa shape index (κ2) is 7.65. The number of amides is 4. The predicted molar refractivity (Wildman–Crippen MR) is 103 cm³/mol. The SMILES string of the molecule is COc1ccc(O)c(C2(c3cc(F)ccc3O)C(=O)N(C)C(=O)N(NC(=O)O)C2N)c1. The molecule has 1 aliphatic heterocycles. The summed E-state index contributed by atoms with van der Waals surface area (Å²) < 4.78 is 19.4. The minimum absolute atomic E-state index is 0.167. The Morgan fingerprint density at radius 3 is 2.32 bits per heavy atom. The summed E-state index contributed by atoms with van der Waals surface area (Å²) in [6.07, 6.45) is -3.51. The molecule has 2 aromatic rings. The van der Waals surface area contributed by atoms with Gasteiger partial charge in [-0.1, -0.05) is 0 Å². The monoisotopic (exact) mass is 434 g/mol. The molecule has 0 bridgehead atoms. The molecule has 11 nitrogen and oxygen atoms in total. The molecule has 164 valence electrons. The van der Waals surface area contributed by atoms with Crippen LogP contribution in [0.1, 0.15) is 11.1 Å². The number of carboxylic acid groups (broad SMARTS) is 1. The minimum Gasteiger partial charge on any atom is -0.508 e. The smallest absolute Gasteiger partial charge is 0.423 e. The Kier molecular flexibility index (Phi) is 5.34. The number of ether oxygens (including phenoxy) is 1. The molecule has 1 fully saturated rings. The van der Waals surface area contributed by atoms with E-state index in [1.54, 1.807) is 5.43 Å². The van der Waals surface area contributed by atoms with Gasteiger partial charge >= 0.3 is 12.1 Å². The first-order valence-corrected chi connectivity index (χ1v) is 8.78. The number of imide groups is 1. The van der Waals surface area contributed by atoms with E-state index in [-0.39, 0.29) is 11.3 Å². The van der Waals surface area contributed by atoms with Crippen LogP contribution in [-0.4, -0.2) is 63.6 Å². The molecule has 2 atom stereocenters. The van der Waals surface area contributed by atoms with Crippen molar-refractivity contribution in [3.63, 3.8) is 0 Å². The predicted octanol–water partition coefficient (Wildman–Crippen LogP) is 0.893. The minimum atomic E-state index is -2.32. The number of halogens is 1. The molecular formula is C19H19FN4O7. The highest BCUT2D eigenvalue weighted by molar-refractivity contribution is 6.06. The van der Waals surface area contributed by atoms with E-state index in [2.05, 4.69) is 0 Å². The van der Waals surface area contributed by atoms with Gasteiger partial charge in [0.05, 0.1) is 7.11 Å². The maximum atomic E-state index is 14.2. The summed E-state index contributed by atoms with van der Waals surface area (Å²) in [4.78, 5) is 38.0. The van der Waals surface area contributed by atoms with Crippen molar-refractivity contribution in [2.24, 2.45) is 5.73 Å². The fourth-order valence-electron chi connectivity index (χ4n) is 3.65. The van der Waals surface area contributed by atoms with Crippen LogP contribution in [0.2, 0.25) is 0 Å². The van der Waals surface area contributed by atoms with Gasteiger partial charge in [-0.25, -0.2) is 24.4 Å². The number of rotatable bonds is 4. The maximum Gasteiger partial charge on any atom is 0.423 e. The summed E-state index contributed by atoms with van der Waals surface area (Å²) in [6.45, 7) is 0. The lowest BCUT2D eigenvalue weighted by Crippen LogP contribution is -2.74. The van der Waals surface area contributed by atoms with Crippen molar-refractivity contribution < 1.29 is 38.8 Å². The lowest BCUT2D eigenvalue weighted by Gasteiger charge is -2.49. The van der Waals surface area contributed by atoms with E-state index in [1.807, 2.05) is 0 Å². The van der Waals surface area contributed by atoms with Gasteiger partial charge in [-0.2, -0.15) is 0 Å². The van der Waals surface area contributed by atoms with Gasteiger partial charge in [0.15, 0.2) is 0 Å². The van der Waals surface area contributed by atoms with E-state index in [9.17, 15) is 29.0 Å². The second-order valence-electron chi connectivity index (χ2n) is 6.73. The normalized spacial score (nSPS) is 21.2. The lowest BCUT2D eigenvalue weighted by atomic mass is 9.68. The van der Waals surface area contributed by atoms with Crippen molar-refractivity contribution in [1.82, 2.24) is 15.3 Å². The number of nitrogens with zero attached hydrogens (tertiary/aromatic N) is 2. The van der Waals surface area contributed by atoms with Crippen LogP contribution in [0, 0.1) is 5.82 Å². The van der Waals surface area contributed by atoms with Gasteiger partial charge in [-0.05, 0) is 36.4 Å². The Balaban J connectivity index is 2.45. The van der Waals surface area contributed by atoms with Crippen LogP contribution >= 0.6 is 0 Å². The van der Waals surface area contributed by atoms with Gasteiger partial charge in [0.1, 0.15) is 34.6 Å². The molecule has 0 saturated carbocycles. The highest BCUT2D eigenvalue weighted by Gasteiger charge is 2.60. The third kappa shape index (κ3) is 3.22. The van der Waals surface area contributed by atoms with Crippen LogP contribution in [0.4, 0.5) is 14.0 Å². The number of carbonyl (C=O) groups is 3. The quantitative estimate of drug-likeness (QED) is 0.473. The lowest BCUT2D eigenvalue weighted by molar-refractivity contribution is -0.139. The summed E-state index contributed by atoms with van der Waals surface area (Å²) >= 11 is 0. The zero-order chi connectivity index (χ0) is 23.1. The number of benzene rings is 2. The third-order valence-electron chi connectivity index (χ3n) is 5.08. The number of phenols is 2. The van der Waals surface area contributed by atoms with Crippen LogP contribution < -0.4 is 15.9 Å². The van der Waals surface area contributed by atoms with Crippen molar-refractivity contribution in [3.8, 4) is 17.2 Å². The molecule has 12 heteroatoms. The molecule has 0 radical (unpaired) electrons. The highest BCUT2D eigenvalue weighted by Crippen LogP contribution is 2.48. The molecule has 0 spiro atoms. The van der Waals surface area contributed by atoms with Gasteiger partial charge in [-0.3, -0.25) is 9.69 Å². The standard InChI is InChI=1S/C19H19FN4O7/c1-23-16(27)19(11-7-9(20)3-5-13(11)25,12-8-10(31-2)4-6-14(12)26)15(21)24(18(23)30)22-17(28)29/h3-8,15,22,25-26H,21H2,1-2H3,(H,28,29). The molecular weight excluding hydrogens is 415 g/mol. The Labute approximate surface area is 175 Å². The van der Waals surface area contributed by atoms with E-state index in [0.717, 1.165) is 25.2 Å². The van der Waals surface area contributed by atoms with Crippen molar-refractivity contribution in [1.29, 1.82) is 0 Å². The highest BCUT2D eigenvalue weighted by atomic mass is 19.1. The topological polar surface area (TPSA) is 166 Å². The molecule has 6 N–H and O–H groups in total. The number of hydrogen-bond donors (Lipinski definition) is 5. The Bertz CT molecular complexity index is 1080. The number of phenolic OH excluding ortho intramolecular Hbond substituents is 2. The largest absolute Gasteiger partial charge is 0.508 e. The molecule has 4 amide bonds. The molecule has 1 aliphatic rings. The van der Waals surface area contributed by atoms with Gasteiger partial charge in [-0.15, -0.1) is 0 Å². The third-order valence-corrected chi connectivity index (χ3v) is 5.08. The molecule has 31 heavy (non-hydrogen) atoms. The zero-order valence-corrected chi connectivity index (χ0v) is 16.4. The average molecular weight is 434 g/mol. The Morgan fingerprint density at radius 2 is 1.74 bits per heavy atom. The van der Waals surface area contributed by atoms with Crippen LogP contribution in [0.15, 0.2) is 36.4 Å². The first-order chi connectivity index (χ1) is 14.5. The molecule has 0 aromatic heterocycles. The van der Waals surface area contributed by atoms with E-state index in [0.29, 0.717) is 9.91 Å². The van der Waals surface area contributed by atoms with Crippen LogP contribution in [-0.2, 0) is 10.2 Å². The van der Waals surface area contributed by atoms with E-state index >= 15 is 0 Å². The van der Waals surface area contributed by atoms with Gasteiger partial charge in [0.25, 0.3) is 0 Å². The average Bonchev–Trinajstić information content (AvgIpc) is 2.73. The van der Waals surface area contributed by atoms with Crippen molar-refractivity contribution in [3.05, 3.63) is 53.3 Å². The number of urea groups is 1. The number of nitrogens with one attached hydrogen (secondary N) is 1. The van der Waals surface area contributed by atoms with Gasteiger partial charge in [0, 0.05) is 18.2 Å². The van der Waals surface area contributed by atoms with E-state index in [1.165, 1.54) is 25.3 Å². The molecule has 2 aromatic carbocycles. The molecule has 1 heterocycles. The molecule has 2 unspecified atom stereocenters. The van der Waals surface area contributed by atoms with Crippen LogP contribution in [0.5, 0.6) is 17.2 Å². The number of carbonyl (C=O) groups excluding carboxylic acids is 2. The van der Waals surface area contributed by atoms with E-state index < -0.39 is 52.5 Å². The summed E-state index contributed by atoms with van der Waals surface area (Å²) in [5.74, 6) is -2.80. The van der Waals surface area contributed by atoms with Crippen molar-refractivity contribution in [2.75, 3.05) is 14.2 Å². The number of aromatic hydroxyl groups is 2. The van der Waals surface area contributed by atoms with Crippen molar-refractivity contribution in [2.45, 2.75) is 11.6 Å². The molecule has 1 saturated heterocycles. The first-order valence-electron chi connectivity index (χ1n) is 8.78. The van der Waals surface area contributed by atoms with Gasteiger partial charge in [0.2, 0.25) is 5.91 Å². The molecule has 3 rings (SSSR count). The fourth-order valence-corrected chi connectivity index (χ4v) is 3.65. The summed E-state index contributed by atoms with van der Waals surface area (Å²) in [5.41, 5.74) is 5.07. The maximum absolute atomic E-state index is 14.2. The van der Waals surface area contributed by atoms with Gasteiger partial charge < -0.3 is 25.8 Å². The second-order valence-corrected chi connectivity index (χ2v) is 6.73. The van der Waals surface area contributed by atoms with Crippen molar-refractivity contribution >= 4 is 18.0 Å². The number of hydrazine groups is 1.